The molecule has 0 aromatic carbocycles. The van der Waals surface area contributed by atoms with Crippen molar-refractivity contribution < 1.29 is 0 Å². The molecule has 0 unspecified atom stereocenters. The molecule has 1 saturated carbocycles. The largest absolute Gasteiger partial charge is 0.388 e. The summed E-state index contributed by atoms with van der Waals surface area (Å²) in [6.45, 7) is 0. The lowest BCUT2D eigenvalue weighted by molar-refractivity contribution is 0.370. The highest BCUT2D eigenvalue weighted by Crippen LogP contribution is 2.33. The lowest BCUT2D eigenvalue weighted by atomic mass is 9.84. The number of nitrogens with one attached hydrogen (secondary N) is 1. The van der Waals surface area contributed by atoms with Crippen molar-refractivity contribution in [3.8, 4) is 0 Å². The fourth-order valence-electron chi connectivity index (χ4n) is 2.67. The van der Waals surface area contributed by atoms with E-state index in [0.29, 0.717) is 0 Å². The highest BCUT2D eigenvalue weighted by molar-refractivity contribution is 14.1. The SMILES string of the molecule is CNC1=CCC=C(CC2CCC(I)CC2)C=C1. The van der Waals surface area contributed by atoms with E-state index in [1.165, 1.54) is 43.4 Å². The van der Waals surface area contributed by atoms with E-state index in [-0.39, 0.29) is 0 Å². The fourth-order valence-corrected chi connectivity index (χ4v) is 3.39. The van der Waals surface area contributed by atoms with E-state index in [1.54, 1.807) is 0 Å². The zero-order chi connectivity index (χ0) is 12.1. The van der Waals surface area contributed by atoms with Crippen molar-refractivity contribution in [1.29, 1.82) is 0 Å². The zero-order valence-electron chi connectivity index (χ0n) is 10.6. The van der Waals surface area contributed by atoms with E-state index >= 15 is 0 Å². The zero-order valence-corrected chi connectivity index (χ0v) is 12.7. The maximum atomic E-state index is 3.21. The lowest BCUT2D eigenvalue weighted by Crippen LogP contribution is -2.14. The second-order valence-electron chi connectivity index (χ2n) is 5.08. The minimum Gasteiger partial charge on any atom is -0.388 e. The van der Waals surface area contributed by atoms with Gasteiger partial charge in [0, 0.05) is 16.7 Å². The summed E-state index contributed by atoms with van der Waals surface area (Å²) in [4.78, 5) is 0. The van der Waals surface area contributed by atoms with Crippen LogP contribution in [0.15, 0.2) is 35.6 Å². The van der Waals surface area contributed by atoms with Crippen LogP contribution in [0, 0.1) is 5.92 Å². The van der Waals surface area contributed by atoms with Gasteiger partial charge in [-0.15, -0.1) is 0 Å². The van der Waals surface area contributed by atoms with E-state index in [1.807, 2.05) is 7.05 Å². The van der Waals surface area contributed by atoms with E-state index in [2.05, 4.69) is 52.2 Å². The Morgan fingerprint density at radius 1 is 1.18 bits per heavy atom. The summed E-state index contributed by atoms with van der Waals surface area (Å²) in [6, 6.07) is 0. The number of hydrogen-bond acceptors (Lipinski definition) is 1. The Kier molecular flexibility index (Phi) is 5.14. The van der Waals surface area contributed by atoms with Crippen LogP contribution in [-0.2, 0) is 0 Å². The molecule has 0 aliphatic heterocycles. The Labute approximate surface area is 119 Å². The first-order valence-corrected chi connectivity index (χ1v) is 7.91. The van der Waals surface area contributed by atoms with Crippen LogP contribution in [0.4, 0.5) is 0 Å². The number of hydrogen-bond donors (Lipinski definition) is 1. The molecule has 1 nitrogen and oxygen atoms in total. The number of alkyl halides is 1. The summed E-state index contributed by atoms with van der Waals surface area (Å²) >= 11 is 2.61. The molecule has 2 rings (SSSR count). The monoisotopic (exact) mass is 343 g/mol. The Morgan fingerprint density at radius 3 is 2.65 bits per heavy atom. The maximum absolute atomic E-state index is 3.21. The first-order chi connectivity index (χ1) is 8.28. The van der Waals surface area contributed by atoms with Gasteiger partial charge in [-0.05, 0) is 50.5 Å². The van der Waals surface area contributed by atoms with Crippen molar-refractivity contribution in [3.05, 3.63) is 35.6 Å². The summed E-state index contributed by atoms with van der Waals surface area (Å²) in [6.07, 6.45) is 17.2. The van der Waals surface area contributed by atoms with Gasteiger partial charge in [0.15, 0.2) is 0 Å². The minimum atomic E-state index is 0.924. The number of rotatable bonds is 3. The average molecular weight is 343 g/mol. The average Bonchev–Trinajstić information content (AvgIpc) is 2.57. The van der Waals surface area contributed by atoms with Crippen LogP contribution in [0.1, 0.15) is 38.5 Å². The van der Waals surface area contributed by atoms with Crippen LogP contribution in [0.5, 0.6) is 0 Å². The Bertz CT molecular complexity index is 333. The van der Waals surface area contributed by atoms with Gasteiger partial charge >= 0.3 is 0 Å². The Balaban J connectivity index is 1.86. The summed E-state index contributed by atoms with van der Waals surface area (Å²) in [5, 5.41) is 3.21. The smallest absolute Gasteiger partial charge is 0.0300 e. The summed E-state index contributed by atoms with van der Waals surface area (Å²) < 4.78 is 0.931. The van der Waals surface area contributed by atoms with Crippen molar-refractivity contribution in [2.45, 2.75) is 42.4 Å². The third-order valence-corrected chi connectivity index (χ3v) is 5.03. The maximum Gasteiger partial charge on any atom is 0.0300 e. The molecular formula is C15H22IN. The van der Waals surface area contributed by atoms with Crippen molar-refractivity contribution >= 4 is 22.6 Å². The van der Waals surface area contributed by atoms with Gasteiger partial charge in [0.2, 0.25) is 0 Å². The van der Waals surface area contributed by atoms with Crippen molar-refractivity contribution in [2.24, 2.45) is 5.92 Å². The number of allylic oxidation sites excluding steroid dienone is 5. The summed E-state index contributed by atoms with van der Waals surface area (Å²) in [7, 11) is 1.99. The van der Waals surface area contributed by atoms with Crippen LogP contribution < -0.4 is 5.32 Å². The van der Waals surface area contributed by atoms with Crippen molar-refractivity contribution in [1.82, 2.24) is 5.32 Å². The van der Waals surface area contributed by atoms with Gasteiger partial charge < -0.3 is 5.32 Å². The number of halogens is 1. The molecule has 0 amide bonds. The molecule has 17 heavy (non-hydrogen) atoms. The minimum absolute atomic E-state index is 0.924. The third kappa shape index (κ3) is 4.16. The molecule has 2 aliphatic rings. The van der Waals surface area contributed by atoms with E-state index in [4.69, 9.17) is 0 Å². The summed E-state index contributed by atoms with van der Waals surface area (Å²) in [5.41, 5.74) is 2.77. The molecule has 0 spiro atoms. The first-order valence-electron chi connectivity index (χ1n) is 6.67. The fraction of sp³-hybridized carbons (Fsp3) is 0.600. The molecule has 0 atom stereocenters. The predicted molar refractivity (Wildman–Crippen MR) is 83.4 cm³/mol. The topological polar surface area (TPSA) is 12.0 Å². The highest BCUT2D eigenvalue weighted by atomic mass is 127. The molecule has 0 bridgehead atoms. The van der Waals surface area contributed by atoms with Gasteiger partial charge in [0.1, 0.15) is 0 Å². The van der Waals surface area contributed by atoms with Crippen LogP contribution in [0.3, 0.4) is 0 Å². The predicted octanol–water partition coefficient (Wildman–Crippen LogP) is 4.36. The molecular weight excluding hydrogens is 321 g/mol. The van der Waals surface area contributed by atoms with Crippen molar-refractivity contribution in [3.63, 3.8) is 0 Å². The van der Waals surface area contributed by atoms with E-state index in [9.17, 15) is 0 Å². The van der Waals surface area contributed by atoms with E-state index < -0.39 is 0 Å². The normalized spacial score (nSPS) is 29.3. The van der Waals surface area contributed by atoms with Gasteiger partial charge in [0.25, 0.3) is 0 Å². The van der Waals surface area contributed by atoms with Gasteiger partial charge in [-0.2, -0.15) is 0 Å². The number of likely N-dealkylation sites (N-methyl/N-ethyl adjacent to an activating group) is 1. The summed E-state index contributed by atoms with van der Waals surface area (Å²) in [5.74, 6) is 0.924. The standard InChI is InChI=1S/C15H22IN/c1-17-15-4-2-3-12(7-10-15)11-13-5-8-14(16)9-6-13/h3-4,7,10,13-14,17H,2,5-6,8-9,11H2,1H3. The van der Waals surface area contributed by atoms with Crippen molar-refractivity contribution in [2.75, 3.05) is 7.05 Å². The van der Waals surface area contributed by atoms with Crippen LogP contribution in [0.25, 0.3) is 0 Å². The molecule has 0 aromatic heterocycles. The van der Waals surface area contributed by atoms with Gasteiger partial charge in [0.05, 0.1) is 0 Å². The quantitative estimate of drug-likeness (QED) is 0.593. The Hall–Kier alpha value is -0.250. The van der Waals surface area contributed by atoms with Crippen LogP contribution >= 0.6 is 22.6 Å². The lowest BCUT2D eigenvalue weighted by Gasteiger charge is -2.25. The molecule has 0 heterocycles. The van der Waals surface area contributed by atoms with Gasteiger partial charge in [-0.25, -0.2) is 0 Å². The van der Waals surface area contributed by atoms with Gasteiger partial charge in [-0.3, -0.25) is 0 Å². The molecule has 1 fully saturated rings. The second-order valence-corrected chi connectivity index (χ2v) is 6.84. The highest BCUT2D eigenvalue weighted by Gasteiger charge is 2.19. The molecule has 1 N–H and O–H groups in total. The van der Waals surface area contributed by atoms with Crippen LogP contribution in [0.2, 0.25) is 0 Å². The third-order valence-electron chi connectivity index (χ3n) is 3.78. The first kappa shape index (κ1) is 13.2. The molecule has 94 valence electrons. The molecule has 2 heteroatoms. The van der Waals surface area contributed by atoms with Crippen LogP contribution in [-0.4, -0.2) is 11.0 Å². The van der Waals surface area contributed by atoms with Gasteiger partial charge in [-0.1, -0.05) is 46.4 Å². The van der Waals surface area contributed by atoms with E-state index in [0.717, 1.165) is 16.3 Å². The molecule has 0 saturated heterocycles. The Morgan fingerprint density at radius 2 is 1.94 bits per heavy atom. The molecule has 2 aliphatic carbocycles. The molecule has 0 aromatic rings. The second kappa shape index (κ2) is 6.62. The molecule has 0 radical (unpaired) electrons.